The van der Waals surface area contributed by atoms with Crippen molar-refractivity contribution >= 4 is 0 Å². The van der Waals surface area contributed by atoms with Gasteiger partial charge in [-0.25, -0.2) is 0 Å². The Kier molecular flexibility index (Phi) is 5.59. The first-order chi connectivity index (χ1) is 9.94. The Balaban J connectivity index is 1.71. The van der Waals surface area contributed by atoms with Crippen LogP contribution in [0.15, 0.2) is 22.7 Å². The highest BCUT2D eigenvalue weighted by Gasteiger charge is 2.18. The second kappa shape index (κ2) is 7.23. The minimum atomic E-state index is 0.0836. The highest BCUT2D eigenvalue weighted by Crippen LogP contribution is 2.25. The number of rotatable bonds is 6. The minimum Gasteiger partial charge on any atom is -0.373 e. The van der Waals surface area contributed by atoms with E-state index in [4.69, 9.17) is 9.26 Å². The first kappa shape index (κ1) is 16.2. The van der Waals surface area contributed by atoms with Gasteiger partial charge in [0.15, 0.2) is 5.76 Å². The Morgan fingerprint density at radius 2 is 2.10 bits per heavy atom. The van der Waals surface area contributed by atoms with Crippen LogP contribution in [0, 0.1) is 11.8 Å². The number of nitrogens with one attached hydrogen (secondary N) is 1. The molecule has 0 aliphatic heterocycles. The summed E-state index contributed by atoms with van der Waals surface area (Å²) in [5, 5.41) is 7.47. The molecule has 0 aromatic carbocycles. The Morgan fingerprint density at radius 1 is 1.33 bits per heavy atom. The lowest BCUT2D eigenvalue weighted by molar-refractivity contribution is 0.0554. The fourth-order valence-electron chi connectivity index (χ4n) is 2.41. The van der Waals surface area contributed by atoms with Crippen molar-refractivity contribution in [1.82, 2.24) is 10.5 Å². The Labute approximate surface area is 127 Å². The number of hydrogen-bond acceptors (Lipinski definition) is 4. The van der Waals surface area contributed by atoms with Gasteiger partial charge in [-0.15, -0.1) is 0 Å². The standard InChI is InChI=1S/C17H28N2O2/c1-13-7-5-6-8-14(13)11-20-12-16-9-15(19-21-16)10-18-17(2,3)4/h5-6,9,13-14,18H,7-8,10-12H2,1-4H3. The van der Waals surface area contributed by atoms with Crippen LogP contribution in [0.3, 0.4) is 0 Å². The fourth-order valence-corrected chi connectivity index (χ4v) is 2.41. The zero-order valence-corrected chi connectivity index (χ0v) is 13.7. The van der Waals surface area contributed by atoms with Crippen molar-refractivity contribution in [3.8, 4) is 0 Å². The van der Waals surface area contributed by atoms with Crippen molar-refractivity contribution in [3.63, 3.8) is 0 Å². The third kappa shape index (κ3) is 5.64. The van der Waals surface area contributed by atoms with E-state index in [-0.39, 0.29) is 5.54 Å². The molecule has 0 bridgehead atoms. The number of aromatic nitrogens is 1. The van der Waals surface area contributed by atoms with Crippen molar-refractivity contribution in [2.45, 2.75) is 59.2 Å². The summed E-state index contributed by atoms with van der Waals surface area (Å²) >= 11 is 0. The molecule has 0 amide bonds. The molecule has 0 radical (unpaired) electrons. The van der Waals surface area contributed by atoms with Gasteiger partial charge in [-0.3, -0.25) is 0 Å². The van der Waals surface area contributed by atoms with Crippen LogP contribution in [0.1, 0.15) is 52.0 Å². The van der Waals surface area contributed by atoms with E-state index in [0.717, 1.165) is 31.0 Å². The van der Waals surface area contributed by atoms with Gasteiger partial charge in [0.05, 0.1) is 12.3 Å². The first-order valence-corrected chi connectivity index (χ1v) is 7.86. The molecule has 0 spiro atoms. The van der Waals surface area contributed by atoms with E-state index < -0.39 is 0 Å². The van der Waals surface area contributed by atoms with Crippen LogP contribution in [-0.4, -0.2) is 17.3 Å². The molecule has 0 saturated carbocycles. The summed E-state index contributed by atoms with van der Waals surface area (Å²) in [4.78, 5) is 0. The van der Waals surface area contributed by atoms with Crippen molar-refractivity contribution in [2.75, 3.05) is 6.61 Å². The van der Waals surface area contributed by atoms with Crippen LogP contribution in [0.5, 0.6) is 0 Å². The monoisotopic (exact) mass is 292 g/mol. The van der Waals surface area contributed by atoms with Crippen molar-refractivity contribution < 1.29 is 9.26 Å². The quantitative estimate of drug-likeness (QED) is 0.812. The van der Waals surface area contributed by atoms with E-state index in [9.17, 15) is 0 Å². The summed E-state index contributed by atoms with van der Waals surface area (Å²) in [6.07, 6.45) is 6.82. The van der Waals surface area contributed by atoms with Gasteiger partial charge in [-0.05, 0) is 45.4 Å². The van der Waals surface area contributed by atoms with Gasteiger partial charge in [-0.1, -0.05) is 24.2 Å². The molecule has 1 N–H and O–H groups in total. The normalized spacial score (nSPS) is 22.7. The highest BCUT2D eigenvalue weighted by atomic mass is 16.5. The summed E-state index contributed by atoms with van der Waals surface area (Å²) in [5.41, 5.74) is 1.01. The van der Waals surface area contributed by atoms with E-state index in [1.54, 1.807) is 0 Å². The van der Waals surface area contributed by atoms with E-state index in [1.165, 1.54) is 6.42 Å². The summed E-state index contributed by atoms with van der Waals surface area (Å²) in [6, 6.07) is 1.98. The van der Waals surface area contributed by atoms with Crippen LogP contribution < -0.4 is 5.32 Å². The summed E-state index contributed by atoms with van der Waals surface area (Å²) < 4.78 is 11.1. The predicted octanol–water partition coefficient (Wildman–Crippen LogP) is 3.68. The number of nitrogens with zero attached hydrogens (tertiary/aromatic N) is 1. The van der Waals surface area contributed by atoms with Crippen LogP contribution in [-0.2, 0) is 17.9 Å². The molecule has 1 heterocycles. The summed E-state index contributed by atoms with van der Waals surface area (Å²) in [7, 11) is 0. The molecule has 2 rings (SSSR count). The number of hydrogen-bond donors (Lipinski definition) is 1. The smallest absolute Gasteiger partial charge is 0.162 e. The molecule has 4 heteroatoms. The maximum absolute atomic E-state index is 5.80. The average Bonchev–Trinajstić information content (AvgIpc) is 2.86. The molecule has 0 saturated heterocycles. The molecule has 1 aliphatic carbocycles. The van der Waals surface area contributed by atoms with E-state index in [2.05, 4.69) is 50.3 Å². The summed E-state index contributed by atoms with van der Waals surface area (Å²) in [6.45, 7) is 10.7. The first-order valence-electron chi connectivity index (χ1n) is 7.86. The lowest BCUT2D eigenvalue weighted by atomic mass is 9.85. The zero-order valence-electron chi connectivity index (χ0n) is 13.7. The molecule has 1 aromatic heterocycles. The Hall–Kier alpha value is -1.13. The molecule has 2 unspecified atom stereocenters. The van der Waals surface area contributed by atoms with Crippen molar-refractivity contribution in [3.05, 3.63) is 29.7 Å². The van der Waals surface area contributed by atoms with Gasteiger partial charge in [0, 0.05) is 18.2 Å². The molecular weight excluding hydrogens is 264 g/mol. The molecule has 1 aromatic rings. The largest absolute Gasteiger partial charge is 0.373 e. The molecule has 4 nitrogen and oxygen atoms in total. The summed E-state index contributed by atoms with van der Waals surface area (Å²) in [5.74, 6) is 2.14. The molecular formula is C17H28N2O2. The lowest BCUT2D eigenvalue weighted by Crippen LogP contribution is -2.35. The SMILES string of the molecule is CC1CC=CCC1COCc1cc(CNC(C)(C)C)no1. The minimum absolute atomic E-state index is 0.0836. The third-order valence-electron chi connectivity index (χ3n) is 3.90. The Bertz CT molecular complexity index is 460. The van der Waals surface area contributed by atoms with Gasteiger partial charge >= 0.3 is 0 Å². The molecule has 1 aliphatic rings. The maximum Gasteiger partial charge on any atom is 0.162 e. The van der Waals surface area contributed by atoms with E-state index >= 15 is 0 Å². The number of ether oxygens (including phenoxy) is 1. The van der Waals surface area contributed by atoms with Gasteiger partial charge in [-0.2, -0.15) is 0 Å². The maximum atomic E-state index is 5.80. The molecule has 2 atom stereocenters. The van der Waals surface area contributed by atoms with Gasteiger partial charge in [0.25, 0.3) is 0 Å². The van der Waals surface area contributed by atoms with Gasteiger partial charge in [0.2, 0.25) is 0 Å². The van der Waals surface area contributed by atoms with Gasteiger partial charge in [0.1, 0.15) is 6.61 Å². The van der Waals surface area contributed by atoms with Crippen molar-refractivity contribution in [1.29, 1.82) is 0 Å². The predicted molar refractivity (Wildman–Crippen MR) is 83.8 cm³/mol. The van der Waals surface area contributed by atoms with Crippen molar-refractivity contribution in [2.24, 2.45) is 11.8 Å². The van der Waals surface area contributed by atoms with Crippen LogP contribution in [0.25, 0.3) is 0 Å². The molecule has 118 valence electrons. The van der Waals surface area contributed by atoms with Crippen LogP contribution in [0.2, 0.25) is 0 Å². The van der Waals surface area contributed by atoms with Crippen LogP contribution in [0.4, 0.5) is 0 Å². The lowest BCUT2D eigenvalue weighted by Gasteiger charge is -2.24. The Morgan fingerprint density at radius 3 is 2.81 bits per heavy atom. The fraction of sp³-hybridized carbons (Fsp3) is 0.706. The second-order valence-corrected chi connectivity index (χ2v) is 7.08. The molecule has 0 fully saturated rings. The zero-order chi connectivity index (χ0) is 15.3. The highest BCUT2D eigenvalue weighted by molar-refractivity contribution is 5.04. The van der Waals surface area contributed by atoms with Gasteiger partial charge < -0.3 is 14.6 Å². The average molecular weight is 292 g/mol. The second-order valence-electron chi connectivity index (χ2n) is 7.08. The van der Waals surface area contributed by atoms with Crippen LogP contribution >= 0.6 is 0 Å². The van der Waals surface area contributed by atoms with E-state index in [0.29, 0.717) is 18.4 Å². The van der Waals surface area contributed by atoms with E-state index in [1.807, 2.05) is 6.07 Å². The molecule has 21 heavy (non-hydrogen) atoms. The third-order valence-corrected chi connectivity index (χ3v) is 3.90. The topological polar surface area (TPSA) is 47.3 Å². The number of allylic oxidation sites excluding steroid dienone is 2.